The summed E-state index contributed by atoms with van der Waals surface area (Å²) in [5.41, 5.74) is 3.34. The van der Waals surface area contributed by atoms with E-state index in [0.717, 1.165) is 74.6 Å². The molecule has 11 nitrogen and oxygen atoms in total. The molecule has 0 spiro atoms. The van der Waals surface area contributed by atoms with Gasteiger partial charge in [0.25, 0.3) is 0 Å². The van der Waals surface area contributed by atoms with Gasteiger partial charge in [0.15, 0.2) is 0 Å². The first kappa shape index (κ1) is 42.7. The van der Waals surface area contributed by atoms with Crippen LogP contribution < -0.4 is 9.47 Å². The van der Waals surface area contributed by atoms with Crippen LogP contribution in [-0.2, 0) is 41.4 Å². The summed E-state index contributed by atoms with van der Waals surface area (Å²) in [4.78, 5) is 47.2. The van der Waals surface area contributed by atoms with Crippen molar-refractivity contribution in [2.45, 2.75) is 64.2 Å². The van der Waals surface area contributed by atoms with Crippen LogP contribution in [0.25, 0.3) is 0 Å². The van der Waals surface area contributed by atoms with E-state index in [9.17, 15) is 19.2 Å². The highest BCUT2D eigenvalue weighted by molar-refractivity contribution is 5.90. The highest BCUT2D eigenvalue weighted by Gasteiger charge is 2.11. The van der Waals surface area contributed by atoms with Gasteiger partial charge in [-0.15, -0.1) is 0 Å². The molecule has 3 rings (SSSR count). The van der Waals surface area contributed by atoms with Crippen LogP contribution in [0.1, 0.15) is 88.8 Å². The quantitative estimate of drug-likeness (QED) is 0.0270. The number of hydrogen-bond acceptors (Lipinski definition) is 11. The fourth-order valence-corrected chi connectivity index (χ4v) is 5.18. The molecule has 0 aliphatic heterocycles. The predicted octanol–water partition coefficient (Wildman–Crippen LogP) is 7.82. The van der Waals surface area contributed by atoms with Gasteiger partial charge < -0.3 is 33.8 Å². The normalized spacial score (nSPS) is 10.4. The van der Waals surface area contributed by atoms with E-state index in [1.807, 2.05) is 18.2 Å². The Kier molecular flexibility index (Phi) is 20.0. The monoisotopic (exact) mass is 741 g/mol. The van der Waals surface area contributed by atoms with Gasteiger partial charge in [-0.25, -0.2) is 19.2 Å². The molecule has 0 aliphatic rings. The van der Waals surface area contributed by atoms with Gasteiger partial charge in [0.2, 0.25) is 0 Å². The molecule has 0 bridgehead atoms. The average molecular weight is 742 g/mol. The first-order chi connectivity index (χ1) is 26.3. The molecule has 54 heavy (non-hydrogen) atoms. The number of ether oxygens (including phenoxy) is 6. The number of rotatable bonds is 27. The minimum absolute atomic E-state index is 0.155. The van der Waals surface area contributed by atoms with Crippen molar-refractivity contribution in [1.29, 1.82) is 5.41 Å². The van der Waals surface area contributed by atoms with Crippen LogP contribution in [0.3, 0.4) is 0 Å². The Labute approximate surface area is 317 Å². The Morgan fingerprint density at radius 3 is 1.41 bits per heavy atom. The lowest BCUT2D eigenvalue weighted by Gasteiger charge is -2.11. The van der Waals surface area contributed by atoms with Crippen molar-refractivity contribution in [1.82, 2.24) is 0 Å². The minimum Gasteiger partial charge on any atom is -0.494 e. The van der Waals surface area contributed by atoms with E-state index in [-0.39, 0.29) is 13.2 Å². The molecule has 11 heteroatoms. The molecule has 0 radical (unpaired) electrons. The third kappa shape index (κ3) is 16.8. The molecule has 0 heterocycles. The van der Waals surface area contributed by atoms with E-state index in [1.165, 1.54) is 6.21 Å². The number of benzene rings is 3. The van der Waals surface area contributed by atoms with Crippen molar-refractivity contribution in [3.63, 3.8) is 0 Å². The molecule has 3 aromatic rings. The van der Waals surface area contributed by atoms with Crippen molar-refractivity contribution in [2.24, 2.45) is 0 Å². The maximum absolute atomic E-state index is 12.6. The zero-order valence-corrected chi connectivity index (χ0v) is 30.9. The number of hydrogen-bond donors (Lipinski definition) is 1. The van der Waals surface area contributed by atoms with Crippen molar-refractivity contribution < 1.29 is 47.6 Å². The van der Waals surface area contributed by atoms with Crippen molar-refractivity contribution in [2.75, 3.05) is 39.6 Å². The van der Waals surface area contributed by atoms with Crippen LogP contribution in [0.15, 0.2) is 92.0 Å². The molecule has 1 N–H and O–H groups in total. The number of carbonyl (C=O) groups is 4. The number of carbonyl (C=O) groups excluding carboxylic acids is 4. The van der Waals surface area contributed by atoms with Crippen molar-refractivity contribution in [3.05, 3.63) is 120 Å². The zero-order valence-electron chi connectivity index (χ0n) is 30.9. The molecule has 0 aliphatic carbocycles. The van der Waals surface area contributed by atoms with Gasteiger partial charge in [-0.05, 0) is 123 Å². The zero-order chi connectivity index (χ0) is 38.8. The summed E-state index contributed by atoms with van der Waals surface area (Å²) in [5, 5.41) is 7.88. The second-order valence-corrected chi connectivity index (χ2v) is 12.3. The van der Waals surface area contributed by atoms with Crippen LogP contribution >= 0.6 is 0 Å². The Balaban J connectivity index is 1.29. The Bertz CT molecular complexity index is 1650. The lowest BCUT2D eigenvalue weighted by molar-refractivity contribution is -0.138. The average Bonchev–Trinajstić information content (AvgIpc) is 3.20. The smallest absolute Gasteiger partial charge is 0.338 e. The lowest BCUT2D eigenvalue weighted by Crippen LogP contribution is -2.10. The van der Waals surface area contributed by atoms with Crippen LogP contribution in [0.2, 0.25) is 0 Å². The first-order valence-corrected chi connectivity index (χ1v) is 18.3. The highest BCUT2D eigenvalue weighted by atomic mass is 16.5. The molecule has 0 amide bonds. The van der Waals surface area contributed by atoms with Crippen LogP contribution in [-0.4, -0.2) is 69.7 Å². The third-order valence-corrected chi connectivity index (χ3v) is 8.21. The summed E-state index contributed by atoms with van der Waals surface area (Å²) in [6, 6.07) is 19.3. The minimum atomic E-state index is -0.440. The van der Waals surface area contributed by atoms with Crippen molar-refractivity contribution >= 4 is 30.1 Å². The van der Waals surface area contributed by atoms with Gasteiger partial charge in [0.1, 0.15) is 11.5 Å². The summed E-state index contributed by atoms with van der Waals surface area (Å²) in [5.74, 6) is -0.342. The molecule has 0 aromatic heterocycles. The van der Waals surface area contributed by atoms with E-state index in [1.54, 1.807) is 48.5 Å². The maximum atomic E-state index is 12.6. The van der Waals surface area contributed by atoms with E-state index in [0.29, 0.717) is 67.5 Å². The second-order valence-electron chi connectivity index (χ2n) is 12.3. The summed E-state index contributed by atoms with van der Waals surface area (Å²) < 4.78 is 32.4. The van der Waals surface area contributed by atoms with Gasteiger partial charge in [0, 0.05) is 31.2 Å². The topological polar surface area (TPSA) is 148 Å². The highest BCUT2D eigenvalue weighted by Crippen LogP contribution is 2.17. The molecular formula is C43H51NO10. The van der Waals surface area contributed by atoms with Crippen LogP contribution in [0.4, 0.5) is 0 Å². The molecule has 0 atom stereocenters. The third-order valence-electron chi connectivity index (χ3n) is 8.21. The van der Waals surface area contributed by atoms with Gasteiger partial charge in [-0.2, -0.15) is 0 Å². The number of nitrogens with one attached hydrogen (secondary N) is 1. The van der Waals surface area contributed by atoms with Gasteiger partial charge >= 0.3 is 23.9 Å². The molecule has 0 fully saturated rings. The summed E-state index contributed by atoms with van der Waals surface area (Å²) in [7, 11) is 0. The van der Waals surface area contributed by atoms with Gasteiger partial charge in [-0.3, -0.25) is 0 Å². The van der Waals surface area contributed by atoms with Crippen LogP contribution in [0, 0.1) is 5.41 Å². The summed E-state index contributed by atoms with van der Waals surface area (Å²) in [6.45, 7) is 8.94. The fourth-order valence-electron chi connectivity index (χ4n) is 5.18. The largest absolute Gasteiger partial charge is 0.494 e. The fraction of sp³-hybridized carbons (Fsp3) is 0.372. The van der Waals surface area contributed by atoms with E-state index in [2.05, 4.69) is 13.2 Å². The SMILES string of the molecule is C=CC(=O)OCCCCCCOc1ccc(C(=O)OCCc2ccc(CCOC(=O)c3ccc(OCCCCCCOC(=O)C=C)cc3)c(C=N)c2)cc1. The second kappa shape index (κ2) is 25.3. The Morgan fingerprint density at radius 1 is 0.519 bits per heavy atom. The molecular weight excluding hydrogens is 690 g/mol. The van der Waals surface area contributed by atoms with Gasteiger partial charge in [-0.1, -0.05) is 25.3 Å². The van der Waals surface area contributed by atoms with E-state index in [4.69, 9.17) is 33.8 Å². The van der Waals surface area contributed by atoms with Crippen LogP contribution in [0.5, 0.6) is 11.5 Å². The molecule has 3 aromatic carbocycles. The number of unbranched alkanes of at least 4 members (excludes halogenated alkanes) is 6. The summed E-state index contributed by atoms with van der Waals surface area (Å²) >= 11 is 0. The first-order valence-electron chi connectivity index (χ1n) is 18.3. The molecule has 288 valence electrons. The molecule has 0 saturated carbocycles. The number of esters is 4. The Morgan fingerprint density at radius 2 is 0.963 bits per heavy atom. The van der Waals surface area contributed by atoms with Crippen molar-refractivity contribution in [3.8, 4) is 11.5 Å². The Hall–Kier alpha value is -5.71. The molecule has 0 unspecified atom stereocenters. The standard InChI is InChI=1S/C43H51NO10/c1-3-40(45)51-27-11-7-5-9-25-49-38-19-15-35(16-20-38)42(47)53-29-23-33-13-14-34(37(31-33)32-44)24-30-54-43(48)36-17-21-39(22-18-36)50-26-10-6-8-12-28-52-41(46)4-2/h3-4,13-22,31-32,44H,1-2,5-12,23-30H2. The van der Waals surface area contributed by atoms with Gasteiger partial charge in [0.05, 0.1) is 50.8 Å². The van der Waals surface area contributed by atoms with E-state index < -0.39 is 23.9 Å². The lowest BCUT2D eigenvalue weighted by atomic mass is 10.0. The maximum Gasteiger partial charge on any atom is 0.338 e. The predicted molar refractivity (Wildman–Crippen MR) is 205 cm³/mol. The van der Waals surface area contributed by atoms with E-state index >= 15 is 0 Å². The molecule has 0 saturated heterocycles. The summed E-state index contributed by atoms with van der Waals surface area (Å²) in [6.07, 6.45) is 11.6.